The van der Waals surface area contributed by atoms with Crippen LogP contribution in [0, 0.1) is 6.92 Å². The second kappa shape index (κ2) is 7.68. The van der Waals surface area contributed by atoms with Gasteiger partial charge in [0.15, 0.2) is 5.16 Å². The van der Waals surface area contributed by atoms with Crippen LogP contribution in [-0.2, 0) is 17.0 Å². The molecule has 4 rings (SSSR count). The second-order valence-corrected chi connectivity index (χ2v) is 8.69. The van der Waals surface area contributed by atoms with Gasteiger partial charge >= 0.3 is 0 Å². The van der Waals surface area contributed by atoms with Crippen LogP contribution in [-0.4, -0.2) is 27.2 Å². The van der Waals surface area contributed by atoms with E-state index in [1.807, 2.05) is 12.3 Å². The van der Waals surface area contributed by atoms with Gasteiger partial charge in [-0.3, -0.25) is 9.36 Å². The van der Waals surface area contributed by atoms with Gasteiger partial charge in [0.2, 0.25) is 0 Å². The van der Waals surface area contributed by atoms with E-state index in [2.05, 4.69) is 4.98 Å². The monoisotopic (exact) mass is 407 g/mol. The minimum Gasteiger partial charge on any atom is -0.376 e. The van der Waals surface area contributed by atoms with E-state index >= 15 is 0 Å². The van der Waals surface area contributed by atoms with Gasteiger partial charge in [-0.25, -0.2) is 9.97 Å². The number of aromatic nitrogens is 3. The number of halogens is 1. The highest BCUT2D eigenvalue weighted by molar-refractivity contribution is 7.98. The number of thioether (sulfide) groups is 1. The Morgan fingerprint density at radius 1 is 1.42 bits per heavy atom. The van der Waals surface area contributed by atoms with Crippen LogP contribution in [0.25, 0.3) is 10.9 Å². The Bertz CT molecular complexity index is 996. The van der Waals surface area contributed by atoms with Crippen molar-refractivity contribution in [2.45, 2.75) is 43.3 Å². The van der Waals surface area contributed by atoms with Crippen LogP contribution in [0.1, 0.15) is 23.5 Å². The molecule has 1 aliphatic rings. The fraction of sp³-hybridized carbons (Fsp3) is 0.389. The Balaban J connectivity index is 1.72. The highest BCUT2D eigenvalue weighted by Crippen LogP contribution is 2.25. The average molecular weight is 408 g/mol. The summed E-state index contributed by atoms with van der Waals surface area (Å²) in [5.74, 6) is 0.675. The van der Waals surface area contributed by atoms with E-state index < -0.39 is 0 Å². The van der Waals surface area contributed by atoms with Gasteiger partial charge in [0.1, 0.15) is 0 Å². The minimum absolute atomic E-state index is 0.0425. The molecule has 0 aliphatic carbocycles. The fourth-order valence-corrected chi connectivity index (χ4v) is 4.84. The SMILES string of the molecule is Cc1nc(CSc2nc3cc(Cl)ccc3c(=O)n2C[C@@H]2CCCO2)cs1. The minimum atomic E-state index is -0.0425. The molecule has 0 N–H and O–H groups in total. The van der Waals surface area contributed by atoms with E-state index in [9.17, 15) is 4.79 Å². The van der Waals surface area contributed by atoms with Gasteiger partial charge in [-0.2, -0.15) is 0 Å². The second-order valence-electron chi connectivity index (χ2n) is 6.25. The first kappa shape index (κ1) is 18.0. The number of ether oxygens (including phenoxy) is 1. The Hall–Kier alpha value is -1.41. The van der Waals surface area contributed by atoms with Crippen molar-refractivity contribution in [3.63, 3.8) is 0 Å². The number of hydrogen-bond donors (Lipinski definition) is 0. The molecule has 0 spiro atoms. The standard InChI is InChI=1S/C18H18ClN3O2S2/c1-11-20-13(9-25-11)10-26-18-21-16-7-12(19)4-5-15(16)17(23)22(18)8-14-3-2-6-24-14/h4-5,7,9,14H,2-3,6,8,10H2,1H3/t14-/m0/s1. The molecule has 3 aromatic rings. The van der Waals surface area contributed by atoms with E-state index in [4.69, 9.17) is 21.3 Å². The van der Waals surface area contributed by atoms with Gasteiger partial charge < -0.3 is 4.74 Å². The number of hydrogen-bond acceptors (Lipinski definition) is 6. The smallest absolute Gasteiger partial charge is 0.262 e. The molecule has 0 saturated carbocycles. The molecule has 1 fully saturated rings. The van der Waals surface area contributed by atoms with Gasteiger partial charge in [-0.15, -0.1) is 11.3 Å². The van der Waals surface area contributed by atoms with Crippen molar-refractivity contribution in [2.75, 3.05) is 6.61 Å². The predicted octanol–water partition coefficient (Wildman–Crippen LogP) is 4.29. The van der Waals surface area contributed by atoms with Gasteiger partial charge in [-0.05, 0) is 38.0 Å². The summed E-state index contributed by atoms with van der Waals surface area (Å²) in [5, 5.41) is 4.93. The van der Waals surface area contributed by atoms with E-state index in [1.165, 1.54) is 11.8 Å². The molecule has 8 heteroatoms. The van der Waals surface area contributed by atoms with Crippen LogP contribution in [0.15, 0.2) is 33.5 Å². The Labute approximate surface area is 164 Å². The lowest BCUT2D eigenvalue weighted by atomic mass is 10.2. The molecule has 0 bridgehead atoms. The quantitative estimate of drug-likeness (QED) is 0.466. The molecule has 5 nitrogen and oxygen atoms in total. The number of aryl methyl sites for hydroxylation is 1. The van der Waals surface area contributed by atoms with Crippen molar-refractivity contribution in [1.82, 2.24) is 14.5 Å². The van der Waals surface area contributed by atoms with Crippen LogP contribution in [0.5, 0.6) is 0 Å². The zero-order valence-corrected chi connectivity index (χ0v) is 16.7. The largest absolute Gasteiger partial charge is 0.376 e. The molecule has 0 unspecified atom stereocenters. The Morgan fingerprint density at radius 3 is 3.04 bits per heavy atom. The number of fused-ring (bicyclic) bond motifs is 1. The number of nitrogens with zero attached hydrogens (tertiary/aromatic N) is 3. The third-order valence-corrected chi connectivity index (χ3v) is 6.38. The summed E-state index contributed by atoms with van der Waals surface area (Å²) in [6.07, 6.45) is 2.08. The molecule has 0 radical (unpaired) electrons. The van der Waals surface area contributed by atoms with E-state index in [-0.39, 0.29) is 11.7 Å². The molecule has 2 aromatic heterocycles. The predicted molar refractivity (Wildman–Crippen MR) is 106 cm³/mol. The van der Waals surface area contributed by atoms with Crippen LogP contribution in [0.4, 0.5) is 0 Å². The molecular formula is C18H18ClN3O2S2. The topological polar surface area (TPSA) is 57.0 Å². The third kappa shape index (κ3) is 3.81. The molecular weight excluding hydrogens is 390 g/mol. The molecule has 0 amide bonds. The Kier molecular flexibility index (Phi) is 5.31. The van der Waals surface area contributed by atoms with E-state index in [1.54, 1.807) is 34.1 Å². The summed E-state index contributed by atoms with van der Waals surface area (Å²) in [6.45, 7) is 3.28. The molecule has 3 heterocycles. The zero-order chi connectivity index (χ0) is 18.1. The molecule has 1 saturated heterocycles. The summed E-state index contributed by atoms with van der Waals surface area (Å²) < 4.78 is 7.48. The highest BCUT2D eigenvalue weighted by Gasteiger charge is 2.20. The van der Waals surface area contributed by atoms with Crippen molar-refractivity contribution in [3.05, 3.63) is 49.7 Å². The maximum Gasteiger partial charge on any atom is 0.262 e. The summed E-state index contributed by atoms with van der Waals surface area (Å²) in [5.41, 5.74) is 1.59. The van der Waals surface area contributed by atoms with Crippen molar-refractivity contribution in [3.8, 4) is 0 Å². The average Bonchev–Trinajstić information content (AvgIpc) is 3.27. The maximum absolute atomic E-state index is 13.1. The van der Waals surface area contributed by atoms with Crippen molar-refractivity contribution in [2.24, 2.45) is 0 Å². The first-order valence-corrected chi connectivity index (χ1v) is 10.7. The first-order valence-electron chi connectivity index (χ1n) is 8.45. The van der Waals surface area contributed by atoms with Crippen molar-refractivity contribution < 1.29 is 4.74 Å². The molecule has 1 aromatic carbocycles. The zero-order valence-electron chi connectivity index (χ0n) is 14.3. The number of thiazole rings is 1. The van der Waals surface area contributed by atoms with Gasteiger partial charge in [0.05, 0.1) is 34.3 Å². The normalized spacial score (nSPS) is 17.2. The fourth-order valence-electron chi connectivity index (χ4n) is 3.05. The summed E-state index contributed by atoms with van der Waals surface area (Å²) in [6, 6.07) is 5.22. The van der Waals surface area contributed by atoms with Gasteiger partial charge in [0.25, 0.3) is 5.56 Å². The number of rotatable bonds is 5. The summed E-state index contributed by atoms with van der Waals surface area (Å²) >= 11 is 9.25. The van der Waals surface area contributed by atoms with Crippen molar-refractivity contribution in [1.29, 1.82) is 0 Å². The summed E-state index contributed by atoms with van der Waals surface area (Å²) in [7, 11) is 0. The van der Waals surface area contributed by atoms with Crippen LogP contribution in [0.2, 0.25) is 5.02 Å². The molecule has 1 aliphatic heterocycles. The molecule has 1 atom stereocenters. The van der Waals surface area contributed by atoms with Crippen molar-refractivity contribution >= 4 is 45.6 Å². The lowest BCUT2D eigenvalue weighted by molar-refractivity contribution is 0.0937. The Morgan fingerprint density at radius 2 is 2.31 bits per heavy atom. The van der Waals surface area contributed by atoms with E-state index in [0.717, 1.165) is 30.2 Å². The molecule has 26 heavy (non-hydrogen) atoms. The molecule has 136 valence electrons. The lowest BCUT2D eigenvalue weighted by Crippen LogP contribution is -2.28. The van der Waals surface area contributed by atoms with Gasteiger partial charge in [0, 0.05) is 22.8 Å². The third-order valence-electron chi connectivity index (χ3n) is 4.31. The van der Waals surface area contributed by atoms with E-state index in [0.29, 0.717) is 33.4 Å². The summed E-state index contributed by atoms with van der Waals surface area (Å²) in [4.78, 5) is 22.3. The van der Waals surface area contributed by atoms with Gasteiger partial charge in [-0.1, -0.05) is 23.4 Å². The maximum atomic E-state index is 13.1. The first-order chi connectivity index (χ1) is 12.6. The van der Waals surface area contributed by atoms with Crippen LogP contribution < -0.4 is 5.56 Å². The van der Waals surface area contributed by atoms with Crippen LogP contribution in [0.3, 0.4) is 0 Å². The highest BCUT2D eigenvalue weighted by atomic mass is 35.5. The van der Waals surface area contributed by atoms with Crippen LogP contribution >= 0.6 is 34.7 Å². The number of benzene rings is 1. The lowest BCUT2D eigenvalue weighted by Gasteiger charge is -2.16.